The molecule has 92 valence electrons. The first-order chi connectivity index (χ1) is 7.70. The standard InChI is InChI=1S/C11H15N3O3/c1-11(2,3)13-10(15)7-4-5-8(12)9(6-7)14(16)17/h4-6H,12H2,1-3H3,(H,13,15). The Labute approximate surface area is 99.0 Å². The maximum absolute atomic E-state index is 11.8. The molecule has 0 bridgehead atoms. The lowest BCUT2D eigenvalue weighted by Gasteiger charge is -2.20. The number of nitro groups is 1. The summed E-state index contributed by atoms with van der Waals surface area (Å²) in [6, 6.07) is 4.00. The van der Waals surface area contributed by atoms with Crippen LogP contribution in [-0.2, 0) is 0 Å². The summed E-state index contributed by atoms with van der Waals surface area (Å²) in [5.41, 5.74) is 5.06. The quantitative estimate of drug-likeness (QED) is 0.464. The number of anilines is 1. The van der Waals surface area contributed by atoms with Gasteiger partial charge in [0.2, 0.25) is 0 Å². The third-order valence-corrected chi connectivity index (χ3v) is 1.98. The van der Waals surface area contributed by atoms with Crippen molar-refractivity contribution in [2.45, 2.75) is 26.3 Å². The minimum absolute atomic E-state index is 0.0438. The molecule has 0 aliphatic carbocycles. The number of benzene rings is 1. The van der Waals surface area contributed by atoms with Crippen molar-refractivity contribution >= 4 is 17.3 Å². The summed E-state index contributed by atoms with van der Waals surface area (Å²) < 4.78 is 0. The molecule has 1 aromatic rings. The fourth-order valence-electron chi connectivity index (χ4n) is 1.26. The van der Waals surface area contributed by atoms with E-state index in [1.807, 2.05) is 20.8 Å². The Morgan fingerprint density at radius 1 is 1.41 bits per heavy atom. The zero-order chi connectivity index (χ0) is 13.2. The summed E-state index contributed by atoms with van der Waals surface area (Å²) in [5.74, 6) is -0.361. The monoisotopic (exact) mass is 237 g/mol. The van der Waals surface area contributed by atoms with E-state index in [1.165, 1.54) is 18.2 Å². The van der Waals surface area contributed by atoms with E-state index < -0.39 is 10.5 Å². The number of nitrogens with one attached hydrogen (secondary N) is 1. The van der Waals surface area contributed by atoms with Crippen molar-refractivity contribution in [3.05, 3.63) is 33.9 Å². The summed E-state index contributed by atoms with van der Waals surface area (Å²) in [7, 11) is 0. The topological polar surface area (TPSA) is 98.3 Å². The van der Waals surface area contributed by atoms with Crippen LogP contribution in [0.3, 0.4) is 0 Å². The normalized spacial score (nSPS) is 11.0. The van der Waals surface area contributed by atoms with Gasteiger partial charge in [-0.3, -0.25) is 14.9 Å². The van der Waals surface area contributed by atoms with E-state index in [-0.39, 0.29) is 22.8 Å². The first-order valence-corrected chi connectivity index (χ1v) is 5.07. The molecule has 17 heavy (non-hydrogen) atoms. The van der Waals surface area contributed by atoms with Gasteiger partial charge in [0.05, 0.1) is 4.92 Å². The van der Waals surface area contributed by atoms with Crippen LogP contribution < -0.4 is 11.1 Å². The molecule has 0 unspecified atom stereocenters. The van der Waals surface area contributed by atoms with Crippen LogP contribution in [0.5, 0.6) is 0 Å². The molecule has 0 aliphatic heterocycles. The van der Waals surface area contributed by atoms with Gasteiger partial charge in [-0.15, -0.1) is 0 Å². The molecular formula is C11H15N3O3. The van der Waals surface area contributed by atoms with E-state index in [2.05, 4.69) is 5.32 Å². The van der Waals surface area contributed by atoms with Crippen molar-refractivity contribution in [1.29, 1.82) is 0 Å². The molecule has 6 heteroatoms. The predicted octanol–water partition coefficient (Wildman–Crippen LogP) is 1.71. The number of rotatable bonds is 2. The van der Waals surface area contributed by atoms with Crippen molar-refractivity contribution in [1.82, 2.24) is 5.32 Å². The molecule has 0 saturated carbocycles. The van der Waals surface area contributed by atoms with E-state index in [0.29, 0.717) is 0 Å². The third kappa shape index (κ3) is 3.44. The van der Waals surface area contributed by atoms with E-state index in [1.54, 1.807) is 0 Å². The predicted molar refractivity (Wildman–Crippen MR) is 64.7 cm³/mol. The second-order valence-corrected chi connectivity index (χ2v) is 4.73. The third-order valence-electron chi connectivity index (χ3n) is 1.98. The second kappa shape index (κ2) is 4.40. The molecule has 0 aliphatic rings. The van der Waals surface area contributed by atoms with Crippen LogP contribution in [0.25, 0.3) is 0 Å². The van der Waals surface area contributed by atoms with E-state index >= 15 is 0 Å². The Bertz CT molecular complexity index is 464. The van der Waals surface area contributed by atoms with Crippen LogP contribution in [0.15, 0.2) is 18.2 Å². The van der Waals surface area contributed by atoms with Gasteiger partial charge >= 0.3 is 0 Å². The number of nitrogens with two attached hydrogens (primary N) is 1. The van der Waals surface area contributed by atoms with Crippen LogP contribution in [0.1, 0.15) is 31.1 Å². The molecule has 0 fully saturated rings. The number of hydrogen-bond acceptors (Lipinski definition) is 4. The lowest BCUT2D eigenvalue weighted by Crippen LogP contribution is -2.40. The summed E-state index contributed by atoms with van der Waals surface area (Å²) >= 11 is 0. The van der Waals surface area contributed by atoms with Crippen LogP contribution >= 0.6 is 0 Å². The molecule has 6 nitrogen and oxygen atoms in total. The maximum Gasteiger partial charge on any atom is 0.292 e. The summed E-state index contributed by atoms with van der Waals surface area (Å²) in [6.07, 6.45) is 0. The Hall–Kier alpha value is -2.11. The average molecular weight is 237 g/mol. The van der Waals surface area contributed by atoms with Crippen LogP contribution in [0.4, 0.5) is 11.4 Å². The van der Waals surface area contributed by atoms with Crippen LogP contribution in [-0.4, -0.2) is 16.4 Å². The molecule has 1 rings (SSSR count). The molecule has 0 radical (unpaired) electrons. The average Bonchev–Trinajstić information content (AvgIpc) is 2.14. The zero-order valence-corrected chi connectivity index (χ0v) is 9.98. The van der Waals surface area contributed by atoms with Gasteiger partial charge < -0.3 is 11.1 Å². The maximum atomic E-state index is 11.8. The molecule has 0 aromatic heterocycles. The van der Waals surface area contributed by atoms with Crippen LogP contribution in [0, 0.1) is 10.1 Å². The van der Waals surface area contributed by atoms with Crippen molar-refractivity contribution in [2.75, 3.05) is 5.73 Å². The van der Waals surface area contributed by atoms with Crippen molar-refractivity contribution in [3.8, 4) is 0 Å². The fourth-order valence-corrected chi connectivity index (χ4v) is 1.26. The van der Waals surface area contributed by atoms with Crippen LogP contribution in [0.2, 0.25) is 0 Å². The van der Waals surface area contributed by atoms with E-state index in [4.69, 9.17) is 5.73 Å². The van der Waals surface area contributed by atoms with Gasteiger partial charge in [-0.1, -0.05) is 0 Å². The number of carbonyl (C=O) groups excluding carboxylic acids is 1. The number of nitrogens with zero attached hydrogens (tertiary/aromatic N) is 1. The number of hydrogen-bond donors (Lipinski definition) is 2. The highest BCUT2D eigenvalue weighted by atomic mass is 16.6. The molecule has 0 spiro atoms. The van der Waals surface area contributed by atoms with Gasteiger partial charge in [0.15, 0.2) is 0 Å². The van der Waals surface area contributed by atoms with Gasteiger partial charge in [0.1, 0.15) is 5.69 Å². The highest BCUT2D eigenvalue weighted by Gasteiger charge is 2.19. The van der Waals surface area contributed by atoms with Crippen molar-refractivity contribution in [3.63, 3.8) is 0 Å². The zero-order valence-electron chi connectivity index (χ0n) is 9.98. The Morgan fingerprint density at radius 3 is 2.47 bits per heavy atom. The fraction of sp³-hybridized carbons (Fsp3) is 0.364. The second-order valence-electron chi connectivity index (χ2n) is 4.73. The molecule has 1 amide bonds. The lowest BCUT2D eigenvalue weighted by atomic mass is 10.1. The molecule has 3 N–H and O–H groups in total. The van der Waals surface area contributed by atoms with Gasteiger partial charge in [-0.25, -0.2) is 0 Å². The largest absolute Gasteiger partial charge is 0.393 e. The minimum atomic E-state index is -0.608. The first-order valence-electron chi connectivity index (χ1n) is 5.07. The molecule has 0 atom stereocenters. The molecular weight excluding hydrogens is 222 g/mol. The molecule has 0 saturated heterocycles. The smallest absolute Gasteiger partial charge is 0.292 e. The lowest BCUT2D eigenvalue weighted by molar-refractivity contribution is -0.383. The van der Waals surface area contributed by atoms with Crippen molar-refractivity contribution in [2.24, 2.45) is 0 Å². The van der Waals surface area contributed by atoms with Crippen molar-refractivity contribution < 1.29 is 9.72 Å². The number of amides is 1. The SMILES string of the molecule is CC(C)(C)NC(=O)c1ccc(N)c([N+](=O)[O-])c1. The highest BCUT2D eigenvalue weighted by Crippen LogP contribution is 2.22. The Balaban J connectivity index is 3.04. The highest BCUT2D eigenvalue weighted by molar-refractivity contribution is 5.96. The number of nitrogen functional groups attached to an aromatic ring is 1. The summed E-state index contributed by atoms with van der Waals surface area (Å²) in [4.78, 5) is 21.8. The molecule has 0 heterocycles. The Morgan fingerprint density at radius 2 is 2.00 bits per heavy atom. The van der Waals surface area contributed by atoms with Gasteiger partial charge in [0, 0.05) is 17.2 Å². The number of carbonyl (C=O) groups is 1. The minimum Gasteiger partial charge on any atom is -0.393 e. The van der Waals surface area contributed by atoms with E-state index in [0.717, 1.165) is 0 Å². The first kappa shape index (κ1) is 13.0. The van der Waals surface area contributed by atoms with Gasteiger partial charge in [-0.05, 0) is 32.9 Å². The van der Waals surface area contributed by atoms with E-state index in [9.17, 15) is 14.9 Å². The number of nitro benzene ring substituents is 1. The van der Waals surface area contributed by atoms with Gasteiger partial charge in [-0.2, -0.15) is 0 Å². The summed E-state index contributed by atoms with van der Waals surface area (Å²) in [5, 5.41) is 13.4. The molecule has 1 aromatic carbocycles. The summed E-state index contributed by atoms with van der Waals surface area (Å²) in [6.45, 7) is 5.49. The Kier molecular flexibility index (Phi) is 3.36. The van der Waals surface area contributed by atoms with Gasteiger partial charge in [0.25, 0.3) is 11.6 Å².